The molecule has 204 valence electrons. The van der Waals surface area contributed by atoms with Crippen molar-refractivity contribution in [3.05, 3.63) is 0 Å². The van der Waals surface area contributed by atoms with E-state index in [9.17, 15) is 0 Å². The number of ether oxygens (including phenoxy) is 4. The van der Waals surface area contributed by atoms with Gasteiger partial charge in [0.1, 0.15) is 0 Å². The third-order valence-corrected chi connectivity index (χ3v) is 7.24. The van der Waals surface area contributed by atoms with Gasteiger partial charge in [-0.15, -0.1) is 0 Å². The van der Waals surface area contributed by atoms with E-state index < -0.39 is 0 Å². The van der Waals surface area contributed by atoms with Crippen LogP contribution in [0, 0.1) is 10.8 Å². The zero-order valence-electron chi connectivity index (χ0n) is 24.4. The molecule has 0 amide bonds. The molecule has 0 aromatic rings. The fraction of sp³-hybridized carbons (Fsp3) is 1.00. The Bertz CT molecular complexity index is 546. The molecule has 1 saturated carbocycles. The van der Waals surface area contributed by atoms with Gasteiger partial charge in [0.15, 0.2) is 0 Å². The van der Waals surface area contributed by atoms with Gasteiger partial charge in [0.2, 0.25) is 0 Å². The Morgan fingerprint density at radius 3 is 2.00 bits per heavy atom. The van der Waals surface area contributed by atoms with Crippen LogP contribution in [0.5, 0.6) is 0 Å². The van der Waals surface area contributed by atoms with Crippen molar-refractivity contribution in [3.63, 3.8) is 0 Å². The highest BCUT2D eigenvalue weighted by Crippen LogP contribution is 2.42. The van der Waals surface area contributed by atoms with Crippen molar-refractivity contribution < 1.29 is 18.9 Å². The Labute approximate surface area is 211 Å². The SMILES string of the molecule is C[C@@H](OCCCOCCNC(C)(C)C)C(C)(C)C(C)(C)COCCO[C@H]1C[C@@H](NC(C)(C)C)C1. The van der Waals surface area contributed by atoms with Crippen molar-refractivity contribution in [2.75, 3.05) is 46.2 Å². The van der Waals surface area contributed by atoms with E-state index in [4.69, 9.17) is 18.9 Å². The predicted molar refractivity (Wildman–Crippen MR) is 143 cm³/mol. The van der Waals surface area contributed by atoms with Gasteiger partial charge >= 0.3 is 0 Å². The van der Waals surface area contributed by atoms with E-state index in [1.54, 1.807) is 0 Å². The highest BCUT2D eigenvalue weighted by Gasteiger charge is 2.42. The van der Waals surface area contributed by atoms with Crippen molar-refractivity contribution >= 4 is 0 Å². The highest BCUT2D eigenvalue weighted by molar-refractivity contribution is 4.91. The van der Waals surface area contributed by atoms with Crippen LogP contribution in [0.4, 0.5) is 0 Å². The van der Waals surface area contributed by atoms with Gasteiger partial charge in [0.05, 0.1) is 38.6 Å². The molecule has 1 fully saturated rings. The van der Waals surface area contributed by atoms with Crippen LogP contribution in [0.1, 0.15) is 95.4 Å². The predicted octanol–water partition coefficient (Wildman–Crippen LogP) is 5.19. The van der Waals surface area contributed by atoms with Crippen LogP contribution in [0.2, 0.25) is 0 Å². The van der Waals surface area contributed by atoms with Crippen LogP contribution in [0.15, 0.2) is 0 Å². The van der Waals surface area contributed by atoms with Gasteiger partial charge in [0, 0.05) is 36.9 Å². The Morgan fingerprint density at radius 2 is 1.41 bits per heavy atom. The summed E-state index contributed by atoms with van der Waals surface area (Å²) in [6.07, 6.45) is 3.62. The van der Waals surface area contributed by atoms with E-state index in [2.05, 4.69) is 86.8 Å². The molecule has 1 aliphatic rings. The quantitative estimate of drug-likeness (QED) is 0.276. The number of hydrogen-bond acceptors (Lipinski definition) is 6. The van der Waals surface area contributed by atoms with E-state index in [0.717, 1.165) is 39.0 Å². The second kappa shape index (κ2) is 13.9. The van der Waals surface area contributed by atoms with Crippen molar-refractivity contribution in [1.82, 2.24) is 10.6 Å². The van der Waals surface area contributed by atoms with Crippen LogP contribution in [0.25, 0.3) is 0 Å². The van der Waals surface area contributed by atoms with E-state index in [0.29, 0.717) is 38.6 Å². The maximum absolute atomic E-state index is 6.20. The summed E-state index contributed by atoms with van der Waals surface area (Å²) in [6, 6.07) is 0.587. The van der Waals surface area contributed by atoms with Gasteiger partial charge in [-0.25, -0.2) is 0 Å². The Hall–Kier alpha value is -0.240. The average Bonchev–Trinajstić information content (AvgIpc) is 2.65. The van der Waals surface area contributed by atoms with Gasteiger partial charge in [-0.3, -0.25) is 0 Å². The standard InChI is InChI=1S/C28H58N2O4/c1-22(33-15-12-14-31-16-13-29-25(2,3)4)28(10,11)27(8,9)21-32-17-18-34-24-19-23(20-24)30-26(5,6)7/h22-24,29-30H,12-21H2,1-11H3/t22-,23-,24+/m1/s1. The van der Waals surface area contributed by atoms with Gasteiger partial charge in [-0.2, -0.15) is 0 Å². The average molecular weight is 487 g/mol. The summed E-state index contributed by atoms with van der Waals surface area (Å²) in [4.78, 5) is 0. The van der Waals surface area contributed by atoms with Crippen LogP contribution >= 0.6 is 0 Å². The molecular weight excluding hydrogens is 428 g/mol. The summed E-state index contributed by atoms with van der Waals surface area (Å²) in [5, 5.41) is 7.07. The molecule has 0 saturated heterocycles. The molecule has 2 N–H and O–H groups in total. The molecule has 0 heterocycles. The van der Waals surface area contributed by atoms with Gasteiger partial charge < -0.3 is 29.6 Å². The minimum atomic E-state index is -0.0227. The van der Waals surface area contributed by atoms with Crippen molar-refractivity contribution in [2.24, 2.45) is 10.8 Å². The first-order valence-electron chi connectivity index (χ1n) is 13.4. The van der Waals surface area contributed by atoms with Crippen molar-refractivity contribution in [1.29, 1.82) is 0 Å². The van der Waals surface area contributed by atoms with E-state index >= 15 is 0 Å². The normalized spacial score (nSPS) is 20.9. The molecule has 0 aromatic heterocycles. The molecule has 6 heteroatoms. The molecule has 0 radical (unpaired) electrons. The maximum Gasteiger partial charge on any atom is 0.0704 e. The molecule has 0 aromatic carbocycles. The topological polar surface area (TPSA) is 61.0 Å². The summed E-state index contributed by atoms with van der Waals surface area (Å²) >= 11 is 0. The van der Waals surface area contributed by atoms with E-state index in [1.807, 2.05) is 0 Å². The Kier molecular flexibility index (Phi) is 13.0. The fourth-order valence-electron chi connectivity index (χ4n) is 4.00. The molecule has 0 unspecified atom stereocenters. The molecule has 0 bridgehead atoms. The highest BCUT2D eigenvalue weighted by atomic mass is 16.5. The molecule has 0 spiro atoms. The Morgan fingerprint density at radius 1 is 0.765 bits per heavy atom. The summed E-state index contributed by atoms with van der Waals surface area (Å²) in [5.74, 6) is 0. The lowest BCUT2D eigenvalue weighted by Gasteiger charge is -2.45. The first-order chi connectivity index (χ1) is 15.5. The third-order valence-electron chi connectivity index (χ3n) is 7.24. The van der Waals surface area contributed by atoms with Crippen LogP contribution in [0.3, 0.4) is 0 Å². The fourth-order valence-corrected chi connectivity index (χ4v) is 4.00. The summed E-state index contributed by atoms with van der Waals surface area (Å²) < 4.78 is 23.9. The smallest absolute Gasteiger partial charge is 0.0704 e. The first kappa shape index (κ1) is 31.8. The van der Waals surface area contributed by atoms with Crippen molar-refractivity contribution in [2.45, 2.75) is 125 Å². The summed E-state index contributed by atoms with van der Waals surface area (Å²) in [6.45, 7) is 29.5. The second-order valence-corrected chi connectivity index (χ2v) is 13.4. The van der Waals surface area contributed by atoms with E-state index in [-0.39, 0.29) is 28.0 Å². The zero-order chi connectivity index (χ0) is 26.0. The lowest BCUT2D eigenvalue weighted by molar-refractivity contribution is -0.110. The van der Waals surface area contributed by atoms with Crippen LogP contribution < -0.4 is 10.6 Å². The lowest BCUT2D eigenvalue weighted by Crippen LogP contribution is -2.52. The molecule has 1 rings (SSSR count). The summed E-state index contributed by atoms with van der Waals surface area (Å²) in [7, 11) is 0. The monoisotopic (exact) mass is 486 g/mol. The minimum Gasteiger partial charge on any atom is -0.380 e. The lowest BCUT2D eigenvalue weighted by atomic mass is 9.65. The minimum absolute atomic E-state index is 0.0142. The first-order valence-corrected chi connectivity index (χ1v) is 13.4. The molecule has 1 atom stereocenters. The molecule has 1 aliphatic carbocycles. The van der Waals surface area contributed by atoms with Crippen LogP contribution in [-0.4, -0.2) is 75.5 Å². The molecule has 0 aliphatic heterocycles. The maximum atomic E-state index is 6.20. The number of nitrogens with one attached hydrogen (secondary N) is 2. The summed E-state index contributed by atoms with van der Waals surface area (Å²) in [5.41, 5.74) is 0.279. The van der Waals surface area contributed by atoms with Gasteiger partial charge in [-0.05, 0) is 78.6 Å². The third kappa shape index (κ3) is 12.6. The number of hydrogen-bond donors (Lipinski definition) is 2. The van der Waals surface area contributed by atoms with E-state index in [1.165, 1.54) is 0 Å². The Balaban J connectivity index is 2.15. The van der Waals surface area contributed by atoms with Gasteiger partial charge in [0.25, 0.3) is 0 Å². The van der Waals surface area contributed by atoms with Gasteiger partial charge in [-0.1, -0.05) is 27.7 Å². The largest absolute Gasteiger partial charge is 0.380 e. The molecule has 34 heavy (non-hydrogen) atoms. The molecular formula is C28H58N2O4. The number of rotatable bonds is 17. The zero-order valence-corrected chi connectivity index (χ0v) is 24.4. The second-order valence-electron chi connectivity index (χ2n) is 13.4. The van der Waals surface area contributed by atoms with Crippen molar-refractivity contribution in [3.8, 4) is 0 Å². The van der Waals surface area contributed by atoms with Crippen LogP contribution in [-0.2, 0) is 18.9 Å². The molecule has 6 nitrogen and oxygen atoms in total.